The normalized spacial score (nSPS) is 16.3. The zero-order chi connectivity index (χ0) is 24.1. The maximum absolute atomic E-state index is 12.6. The first-order chi connectivity index (χ1) is 16.5. The number of aliphatic imine (C=N–C) groups is 1. The molecule has 0 aliphatic carbocycles. The molecule has 0 radical (unpaired) electrons. The predicted molar refractivity (Wildman–Crippen MR) is 130 cm³/mol. The molecule has 11 heteroatoms. The predicted octanol–water partition coefficient (Wildman–Crippen LogP) is 4.47. The highest BCUT2D eigenvalue weighted by atomic mass is 32.2. The maximum atomic E-state index is 12.6. The number of carbonyl (C=O) groups is 1. The molecular formula is C23H21N5O5S. The van der Waals surface area contributed by atoms with Crippen LogP contribution >= 0.6 is 11.8 Å². The van der Waals surface area contributed by atoms with Gasteiger partial charge in [-0.15, -0.1) is 0 Å². The number of para-hydroxylation sites is 1. The number of ether oxygens (including phenoxy) is 2. The molecule has 4 rings (SSSR count). The minimum atomic E-state index is -0.493. The van der Waals surface area contributed by atoms with Gasteiger partial charge in [0, 0.05) is 17.7 Å². The number of fused-ring (bicyclic) bond motifs is 1. The molecular weight excluding hydrogens is 458 g/mol. The van der Waals surface area contributed by atoms with Gasteiger partial charge in [0.1, 0.15) is 29.8 Å². The zero-order valence-electron chi connectivity index (χ0n) is 18.3. The van der Waals surface area contributed by atoms with Crippen molar-refractivity contribution in [1.29, 1.82) is 5.41 Å². The van der Waals surface area contributed by atoms with Gasteiger partial charge in [-0.25, -0.2) is 0 Å². The smallest absolute Gasteiger partial charge is 0.283 e. The first-order valence-corrected chi connectivity index (χ1v) is 11.4. The summed E-state index contributed by atoms with van der Waals surface area (Å²) < 4.78 is 11.4. The summed E-state index contributed by atoms with van der Waals surface area (Å²) in [4.78, 5) is 27.0. The topological polar surface area (TPSA) is 130 Å². The van der Waals surface area contributed by atoms with Crippen LogP contribution in [0.3, 0.4) is 0 Å². The Labute approximate surface area is 199 Å². The first kappa shape index (κ1) is 23.2. The molecule has 0 fully saturated rings. The quantitative estimate of drug-likeness (QED) is 0.243. The number of hydrogen-bond donors (Lipinski definition) is 1. The maximum Gasteiger partial charge on any atom is 0.283 e. The Morgan fingerprint density at radius 2 is 1.88 bits per heavy atom. The minimum absolute atomic E-state index is 0.00958. The monoisotopic (exact) mass is 479 g/mol. The van der Waals surface area contributed by atoms with Crippen molar-refractivity contribution in [3.05, 3.63) is 69.8 Å². The molecule has 0 spiro atoms. The number of non-ortho nitro benzene ring substituents is 1. The van der Waals surface area contributed by atoms with E-state index in [2.05, 4.69) is 10.1 Å². The molecule has 0 saturated carbocycles. The van der Waals surface area contributed by atoms with Crippen molar-refractivity contribution in [2.45, 2.75) is 19.8 Å². The van der Waals surface area contributed by atoms with Crippen LogP contribution in [0.5, 0.6) is 11.5 Å². The Morgan fingerprint density at radius 1 is 1.15 bits per heavy atom. The van der Waals surface area contributed by atoms with Gasteiger partial charge in [0.2, 0.25) is 5.17 Å². The first-order valence-electron chi connectivity index (χ1n) is 10.5. The molecule has 0 bridgehead atoms. The largest absolute Gasteiger partial charge is 0.490 e. The molecule has 10 nitrogen and oxygen atoms in total. The van der Waals surface area contributed by atoms with Gasteiger partial charge in [-0.05, 0) is 48.9 Å². The lowest BCUT2D eigenvalue weighted by Crippen LogP contribution is -2.35. The number of amidine groups is 2. The lowest BCUT2D eigenvalue weighted by Gasteiger charge is -2.20. The molecule has 1 amide bonds. The fourth-order valence-corrected chi connectivity index (χ4v) is 4.20. The molecule has 0 saturated heterocycles. The Kier molecular flexibility index (Phi) is 7.02. The Morgan fingerprint density at radius 3 is 2.62 bits per heavy atom. The summed E-state index contributed by atoms with van der Waals surface area (Å²) in [5.41, 5.74) is 0.739. The van der Waals surface area contributed by atoms with Crippen LogP contribution in [0, 0.1) is 15.5 Å². The van der Waals surface area contributed by atoms with E-state index in [0.717, 1.165) is 17.9 Å². The second-order valence-electron chi connectivity index (χ2n) is 7.25. The van der Waals surface area contributed by atoms with Gasteiger partial charge in [0.25, 0.3) is 11.6 Å². The summed E-state index contributed by atoms with van der Waals surface area (Å²) in [6.45, 7) is 2.46. The average molecular weight is 480 g/mol. The van der Waals surface area contributed by atoms with Crippen molar-refractivity contribution >= 4 is 45.5 Å². The standard InChI is InChI=1S/C23H21N5O5S/c1-2-5-20-26-27-21(24)18(22(29)25-23(27)34-20)14-15-6-3-4-7-19(15)33-13-12-32-17-10-8-16(9-11-17)28(30)31/h3-4,6-11,14,24H,2,5,12-13H2,1H3. The molecule has 174 valence electrons. The highest BCUT2D eigenvalue weighted by molar-refractivity contribution is 8.26. The van der Waals surface area contributed by atoms with E-state index in [1.165, 1.54) is 41.0 Å². The second kappa shape index (κ2) is 10.3. The Hall–Kier alpha value is -3.99. The summed E-state index contributed by atoms with van der Waals surface area (Å²) in [7, 11) is 0. The Balaban J connectivity index is 1.42. The molecule has 0 aromatic heterocycles. The van der Waals surface area contributed by atoms with Gasteiger partial charge in [0.15, 0.2) is 5.84 Å². The number of nitro groups is 1. The third kappa shape index (κ3) is 5.15. The van der Waals surface area contributed by atoms with Crippen molar-refractivity contribution in [3.63, 3.8) is 0 Å². The average Bonchev–Trinajstić information content (AvgIpc) is 3.23. The second-order valence-corrected chi connectivity index (χ2v) is 8.29. The van der Waals surface area contributed by atoms with Crippen LogP contribution in [0.25, 0.3) is 6.08 Å². The number of nitrogens with zero attached hydrogens (tertiary/aromatic N) is 4. The van der Waals surface area contributed by atoms with Gasteiger partial charge in [-0.1, -0.05) is 25.1 Å². The van der Waals surface area contributed by atoms with E-state index in [0.29, 0.717) is 22.2 Å². The van der Waals surface area contributed by atoms with Crippen LogP contribution in [0.2, 0.25) is 0 Å². The molecule has 2 aliphatic rings. The van der Waals surface area contributed by atoms with E-state index in [9.17, 15) is 14.9 Å². The van der Waals surface area contributed by atoms with E-state index in [1.807, 2.05) is 13.0 Å². The van der Waals surface area contributed by atoms with Crippen molar-refractivity contribution in [3.8, 4) is 11.5 Å². The lowest BCUT2D eigenvalue weighted by molar-refractivity contribution is -0.384. The fourth-order valence-electron chi connectivity index (χ4n) is 3.21. The molecule has 2 aromatic carbocycles. The molecule has 2 aromatic rings. The summed E-state index contributed by atoms with van der Waals surface area (Å²) in [6.07, 6.45) is 3.25. The van der Waals surface area contributed by atoms with Crippen molar-refractivity contribution < 1.29 is 19.2 Å². The van der Waals surface area contributed by atoms with Gasteiger partial charge in [-0.3, -0.25) is 20.3 Å². The van der Waals surface area contributed by atoms with Gasteiger partial charge >= 0.3 is 0 Å². The van der Waals surface area contributed by atoms with Crippen LogP contribution in [0.1, 0.15) is 25.3 Å². The summed E-state index contributed by atoms with van der Waals surface area (Å²) in [5, 5.41) is 26.3. The van der Waals surface area contributed by atoms with Gasteiger partial charge in [0.05, 0.1) is 10.5 Å². The summed E-state index contributed by atoms with van der Waals surface area (Å²) in [6, 6.07) is 12.9. The number of benzene rings is 2. The number of nitro benzene ring substituents is 1. The van der Waals surface area contributed by atoms with Crippen molar-refractivity contribution in [2.75, 3.05) is 13.2 Å². The molecule has 0 unspecified atom stereocenters. The van der Waals surface area contributed by atoms with Crippen LogP contribution < -0.4 is 9.47 Å². The number of hydrogen-bond acceptors (Lipinski definition) is 8. The number of amides is 1. The van der Waals surface area contributed by atoms with E-state index >= 15 is 0 Å². The van der Waals surface area contributed by atoms with E-state index in [4.69, 9.17) is 14.9 Å². The third-order valence-corrected chi connectivity index (χ3v) is 5.80. The highest BCUT2D eigenvalue weighted by Gasteiger charge is 2.35. The number of nitrogens with one attached hydrogen (secondary N) is 1. The molecule has 0 atom stereocenters. The Bertz CT molecular complexity index is 1220. The summed E-state index contributed by atoms with van der Waals surface area (Å²) >= 11 is 1.32. The van der Waals surface area contributed by atoms with Crippen LogP contribution in [0.4, 0.5) is 5.69 Å². The number of hydrazone groups is 1. The lowest BCUT2D eigenvalue weighted by atomic mass is 10.1. The van der Waals surface area contributed by atoms with E-state index in [1.54, 1.807) is 24.3 Å². The van der Waals surface area contributed by atoms with E-state index in [-0.39, 0.29) is 30.3 Å². The third-order valence-electron chi connectivity index (χ3n) is 4.84. The van der Waals surface area contributed by atoms with Crippen LogP contribution in [0.15, 0.2) is 64.2 Å². The van der Waals surface area contributed by atoms with Crippen molar-refractivity contribution in [1.82, 2.24) is 5.01 Å². The van der Waals surface area contributed by atoms with Crippen molar-refractivity contribution in [2.24, 2.45) is 10.1 Å². The van der Waals surface area contributed by atoms with Crippen LogP contribution in [-0.4, -0.2) is 45.1 Å². The highest BCUT2D eigenvalue weighted by Crippen LogP contribution is 2.31. The molecule has 2 heterocycles. The molecule has 2 aliphatic heterocycles. The fraction of sp³-hybridized carbons (Fsp3) is 0.217. The van der Waals surface area contributed by atoms with Gasteiger partial charge in [-0.2, -0.15) is 15.1 Å². The number of thioether (sulfide) groups is 1. The minimum Gasteiger partial charge on any atom is -0.490 e. The zero-order valence-corrected chi connectivity index (χ0v) is 19.1. The molecule has 34 heavy (non-hydrogen) atoms. The van der Waals surface area contributed by atoms with Crippen LogP contribution in [-0.2, 0) is 4.79 Å². The summed E-state index contributed by atoms with van der Waals surface area (Å²) in [5.74, 6) is 0.493. The van der Waals surface area contributed by atoms with Gasteiger partial charge < -0.3 is 9.47 Å². The number of rotatable bonds is 9. The van der Waals surface area contributed by atoms with E-state index < -0.39 is 10.8 Å². The number of carbonyl (C=O) groups excluding carboxylic acids is 1. The molecule has 1 N–H and O–H groups in total. The SMILES string of the molecule is CCCC1=NN2C(=N)C(=Cc3ccccc3OCCOc3ccc([N+](=O)[O-])cc3)C(=O)N=C2S1.